The average Bonchev–Trinajstić information content (AvgIpc) is 2.95. The topological polar surface area (TPSA) is 127 Å². The fourth-order valence-corrected chi connectivity index (χ4v) is 4.94. The highest BCUT2D eigenvalue weighted by atomic mass is 32.2. The number of aliphatic imine (C=N–C) groups is 1. The van der Waals surface area contributed by atoms with Crippen molar-refractivity contribution >= 4 is 46.1 Å². The summed E-state index contributed by atoms with van der Waals surface area (Å²) < 4.78 is 15.9. The molecule has 4 rings (SSSR count). The maximum Gasteiger partial charge on any atom is 0.335 e. The van der Waals surface area contributed by atoms with E-state index in [1.807, 2.05) is 6.07 Å². The first-order chi connectivity index (χ1) is 18.8. The van der Waals surface area contributed by atoms with Crippen LogP contribution in [0.4, 0.5) is 11.4 Å². The van der Waals surface area contributed by atoms with Crippen molar-refractivity contribution in [2.75, 3.05) is 26.6 Å². The van der Waals surface area contributed by atoms with E-state index in [-0.39, 0.29) is 30.3 Å². The molecule has 1 heterocycles. The molecule has 10 nitrogen and oxygen atoms in total. The van der Waals surface area contributed by atoms with Crippen molar-refractivity contribution in [2.24, 2.45) is 4.99 Å². The first-order valence-corrected chi connectivity index (χ1v) is 12.7. The van der Waals surface area contributed by atoms with Crippen molar-refractivity contribution in [3.63, 3.8) is 0 Å². The first-order valence-electron chi connectivity index (χ1n) is 11.9. The van der Waals surface area contributed by atoms with E-state index in [1.54, 1.807) is 62.6 Å². The smallest absolute Gasteiger partial charge is 0.335 e. The summed E-state index contributed by atoms with van der Waals surface area (Å²) in [6.07, 6.45) is -0.0430. The molecule has 1 saturated heterocycles. The minimum Gasteiger partial charge on any atom is -0.497 e. The number of carboxylic acids is 1. The maximum atomic E-state index is 13.4. The lowest BCUT2D eigenvalue weighted by Crippen LogP contribution is -2.44. The summed E-state index contributed by atoms with van der Waals surface area (Å²) in [6, 6.07) is 18.3. The predicted octanol–water partition coefficient (Wildman–Crippen LogP) is 4.57. The van der Waals surface area contributed by atoms with E-state index in [2.05, 4.69) is 5.32 Å². The number of amidine groups is 1. The van der Waals surface area contributed by atoms with Crippen molar-refractivity contribution in [3.8, 4) is 17.2 Å². The van der Waals surface area contributed by atoms with E-state index in [9.17, 15) is 14.4 Å². The number of methoxy groups -OCH3 is 3. The third-order valence-corrected chi connectivity index (χ3v) is 7.11. The normalized spacial score (nSPS) is 16.1. The van der Waals surface area contributed by atoms with Gasteiger partial charge in [-0.15, -0.1) is 0 Å². The van der Waals surface area contributed by atoms with E-state index in [0.717, 1.165) is 5.56 Å². The van der Waals surface area contributed by atoms with Gasteiger partial charge in [-0.1, -0.05) is 17.8 Å². The second kappa shape index (κ2) is 12.4. The number of hydrogen-bond donors (Lipinski definition) is 2. The van der Waals surface area contributed by atoms with E-state index < -0.39 is 11.2 Å². The second-order valence-corrected chi connectivity index (χ2v) is 9.61. The number of carboxylic acid groups (broad SMARTS) is 1. The Labute approximate surface area is 229 Å². The lowest BCUT2D eigenvalue weighted by atomic mass is 10.1. The molecule has 3 aromatic carbocycles. The summed E-state index contributed by atoms with van der Waals surface area (Å²) >= 11 is 1.18. The van der Waals surface area contributed by atoms with Gasteiger partial charge in [0, 0.05) is 12.1 Å². The zero-order valence-corrected chi connectivity index (χ0v) is 22.4. The van der Waals surface area contributed by atoms with Crippen LogP contribution in [0.1, 0.15) is 22.3 Å². The minimum atomic E-state index is -1.06. The number of hydrogen-bond acceptors (Lipinski definition) is 8. The van der Waals surface area contributed by atoms with Crippen LogP contribution >= 0.6 is 11.8 Å². The number of nitrogens with one attached hydrogen (secondary N) is 1. The van der Waals surface area contributed by atoms with E-state index in [0.29, 0.717) is 33.8 Å². The van der Waals surface area contributed by atoms with Crippen molar-refractivity contribution in [1.82, 2.24) is 4.90 Å². The largest absolute Gasteiger partial charge is 0.497 e. The Morgan fingerprint density at radius 1 is 0.974 bits per heavy atom. The van der Waals surface area contributed by atoms with Crippen molar-refractivity contribution < 1.29 is 33.7 Å². The van der Waals surface area contributed by atoms with Crippen LogP contribution in [-0.4, -0.2) is 59.5 Å². The number of carbonyl (C=O) groups excluding carboxylic acids is 2. The Morgan fingerprint density at radius 3 is 2.28 bits per heavy atom. The quantitative estimate of drug-likeness (QED) is 0.398. The Hall–Kier alpha value is -4.51. The predicted molar refractivity (Wildman–Crippen MR) is 148 cm³/mol. The second-order valence-electron chi connectivity index (χ2n) is 8.44. The molecule has 1 fully saturated rings. The van der Waals surface area contributed by atoms with Crippen molar-refractivity contribution in [2.45, 2.75) is 18.2 Å². The highest BCUT2D eigenvalue weighted by Gasteiger charge is 2.36. The Bertz CT molecular complexity index is 1390. The van der Waals surface area contributed by atoms with E-state index in [4.69, 9.17) is 24.3 Å². The van der Waals surface area contributed by atoms with E-state index >= 15 is 0 Å². The van der Waals surface area contributed by atoms with Crippen molar-refractivity contribution in [1.29, 1.82) is 0 Å². The van der Waals surface area contributed by atoms with Crippen LogP contribution in [0.3, 0.4) is 0 Å². The highest BCUT2D eigenvalue weighted by molar-refractivity contribution is 8.15. The lowest BCUT2D eigenvalue weighted by Gasteiger charge is -2.32. The molecule has 3 aromatic rings. The van der Waals surface area contributed by atoms with Crippen LogP contribution in [0, 0.1) is 0 Å². The standard InChI is InChI=1S/C28H27N3O7S/c1-36-21-11-9-20(10-12-21)30-28-31(16-17-4-13-22(37-2)23(14-17)38-3)25(32)15-24(39-28)26(33)29-19-7-5-18(6-8-19)27(34)35/h4-14,24H,15-16H2,1-3H3,(H,29,33)(H,34,35)/t24-/m1/s1. The summed E-state index contributed by atoms with van der Waals surface area (Å²) in [5, 5.41) is 11.5. The van der Waals surface area contributed by atoms with Gasteiger partial charge in [0.15, 0.2) is 16.7 Å². The molecular weight excluding hydrogens is 522 g/mol. The monoisotopic (exact) mass is 549 g/mol. The number of aromatic carboxylic acids is 1. The molecule has 39 heavy (non-hydrogen) atoms. The molecular formula is C28H27N3O7S. The van der Waals surface area contributed by atoms with Gasteiger partial charge in [0.25, 0.3) is 0 Å². The highest BCUT2D eigenvalue weighted by Crippen LogP contribution is 2.33. The fourth-order valence-electron chi connectivity index (χ4n) is 3.84. The number of benzene rings is 3. The first kappa shape index (κ1) is 27.5. The summed E-state index contributed by atoms with van der Waals surface area (Å²) in [5.74, 6) is 0.0597. The lowest BCUT2D eigenvalue weighted by molar-refractivity contribution is -0.129. The minimum absolute atomic E-state index is 0.0430. The molecule has 2 N–H and O–H groups in total. The summed E-state index contributed by atoms with van der Waals surface area (Å²) in [7, 11) is 4.66. The van der Waals surface area contributed by atoms with Gasteiger partial charge in [0.05, 0.1) is 39.1 Å². The van der Waals surface area contributed by atoms with Crippen LogP contribution in [0.15, 0.2) is 71.7 Å². The molecule has 11 heteroatoms. The maximum absolute atomic E-state index is 13.4. The Balaban J connectivity index is 1.60. The van der Waals surface area contributed by atoms with Crippen LogP contribution in [0.5, 0.6) is 17.2 Å². The number of thioether (sulfide) groups is 1. The van der Waals surface area contributed by atoms with Crippen molar-refractivity contribution in [3.05, 3.63) is 77.9 Å². The summed E-state index contributed by atoms with van der Waals surface area (Å²) in [6.45, 7) is 0.214. The SMILES string of the molecule is COc1ccc(N=C2S[C@@H](C(=O)Nc3ccc(C(=O)O)cc3)CC(=O)N2Cc2ccc(OC)c(OC)c2)cc1. The third-order valence-electron chi connectivity index (χ3n) is 5.92. The van der Waals surface area contributed by atoms with Crippen LogP contribution in [-0.2, 0) is 16.1 Å². The number of amides is 2. The molecule has 1 aliphatic rings. The molecule has 0 unspecified atom stereocenters. The zero-order valence-electron chi connectivity index (χ0n) is 21.5. The Kier molecular flexibility index (Phi) is 8.72. The molecule has 1 atom stereocenters. The van der Waals surface area contributed by atoms with Gasteiger partial charge in [0.1, 0.15) is 11.0 Å². The van der Waals surface area contributed by atoms with Crippen LogP contribution in [0.2, 0.25) is 0 Å². The molecule has 0 spiro atoms. The number of rotatable bonds is 9. The van der Waals surface area contributed by atoms with Crippen LogP contribution in [0.25, 0.3) is 0 Å². The molecule has 0 radical (unpaired) electrons. The van der Waals surface area contributed by atoms with Gasteiger partial charge >= 0.3 is 5.97 Å². The average molecular weight is 550 g/mol. The fraction of sp³-hybridized carbons (Fsp3) is 0.214. The molecule has 202 valence electrons. The van der Waals surface area contributed by atoms with Gasteiger partial charge < -0.3 is 24.6 Å². The van der Waals surface area contributed by atoms with Gasteiger partial charge in [-0.25, -0.2) is 9.79 Å². The molecule has 0 aromatic heterocycles. The van der Waals surface area contributed by atoms with Crippen LogP contribution < -0.4 is 19.5 Å². The molecule has 0 bridgehead atoms. The molecule has 0 saturated carbocycles. The molecule has 2 amide bonds. The van der Waals surface area contributed by atoms with Gasteiger partial charge in [-0.05, 0) is 66.2 Å². The van der Waals surface area contributed by atoms with E-state index in [1.165, 1.54) is 36.0 Å². The van der Waals surface area contributed by atoms with Gasteiger partial charge in [-0.3, -0.25) is 14.5 Å². The van der Waals surface area contributed by atoms with Gasteiger partial charge in [0.2, 0.25) is 11.8 Å². The molecule has 0 aliphatic carbocycles. The van der Waals surface area contributed by atoms with Gasteiger partial charge in [-0.2, -0.15) is 0 Å². The summed E-state index contributed by atoms with van der Waals surface area (Å²) in [5.41, 5.74) is 1.92. The molecule has 1 aliphatic heterocycles. The summed E-state index contributed by atoms with van der Waals surface area (Å²) in [4.78, 5) is 43.8. The number of carbonyl (C=O) groups is 3. The number of nitrogens with zero attached hydrogens (tertiary/aromatic N) is 2. The number of anilines is 1. The third kappa shape index (κ3) is 6.68. The Morgan fingerprint density at radius 2 is 1.67 bits per heavy atom. The zero-order chi connectivity index (χ0) is 27.9. The number of ether oxygens (including phenoxy) is 3.